The first-order valence-electron chi connectivity index (χ1n) is 8.24. The molecule has 7 heteroatoms. The number of carbonyl (C=O) groups excluding carboxylic acids is 1. The van der Waals surface area contributed by atoms with Crippen LogP contribution in [0.1, 0.15) is 32.5 Å². The second-order valence-electron chi connectivity index (χ2n) is 7.59. The van der Waals surface area contributed by atoms with E-state index >= 15 is 0 Å². The highest BCUT2D eigenvalue weighted by Gasteiger charge is 2.59. The van der Waals surface area contributed by atoms with E-state index in [-0.39, 0.29) is 6.09 Å². The molecule has 2 aromatic heterocycles. The fourth-order valence-electron chi connectivity index (χ4n) is 3.62. The van der Waals surface area contributed by atoms with Crippen molar-refractivity contribution < 1.29 is 14.3 Å². The van der Waals surface area contributed by atoms with Crippen LogP contribution in [-0.4, -0.2) is 51.4 Å². The molecule has 1 aliphatic carbocycles. The van der Waals surface area contributed by atoms with Crippen LogP contribution in [0.2, 0.25) is 0 Å². The molecule has 1 amide bonds. The van der Waals surface area contributed by atoms with Crippen LogP contribution in [0.25, 0.3) is 5.65 Å². The Hall–Kier alpha value is -2.31. The Labute approximate surface area is 140 Å². The third-order valence-corrected chi connectivity index (χ3v) is 4.78. The maximum atomic E-state index is 12.2. The first-order valence-corrected chi connectivity index (χ1v) is 8.24. The Morgan fingerprint density at radius 2 is 1.92 bits per heavy atom. The van der Waals surface area contributed by atoms with Gasteiger partial charge in [-0.2, -0.15) is 0 Å². The smallest absolute Gasteiger partial charge is 0.410 e. The third-order valence-electron chi connectivity index (χ3n) is 4.78. The van der Waals surface area contributed by atoms with Gasteiger partial charge in [0.15, 0.2) is 5.65 Å². The summed E-state index contributed by atoms with van der Waals surface area (Å²) in [6.07, 6.45) is 1.70. The third kappa shape index (κ3) is 2.48. The van der Waals surface area contributed by atoms with Crippen LogP contribution in [0.3, 0.4) is 0 Å². The number of amides is 1. The Balaban J connectivity index is 1.48. The van der Waals surface area contributed by atoms with E-state index in [9.17, 15) is 4.79 Å². The van der Waals surface area contributed by atoms with Crippen molar-refractivity contribution in [3.63, 3.8) is 0 Å². The number of fused-ring (bicyclic) bond motifs is 2. The van der Waals surface area contributed by atoms with Gasteiger partial charge in [-0.25, -0.2) is 4.79 Å². The number of rotatable bonds is 2. The largest absolute Gasteiger partial charge is 0.495 e. The predicted molar refractivity (Wildman–Crippen MR) is 87.1 cm³/mol. The fourth-order valence-corrected chi connectivity index (χ4v) is 3.62. The van der Waals surface area contributed by atoms with Crippen LogP contribution in [0.4, 0.5) is 4.79 Å². The standard InChI is InChI=1S/C17H22N4O3/c1-17(2,3)24-16(22)20-8-11-12(9-20)14(11)15-19-18-13-6-5-10(23-4)7-21(13)15/h5-7,11-12,14H,8-9H2,1-4H3. The van der Waals surface area contributed by atoms with E-state index in [1.54, 1.807) is 12.0 Å². The number of carbonyl (C=O) groups is 1. The van der Waals surface area contributed by atoms with E-state index in [0.717, 1.165) is 30.3 Å². The second-order valence-corrected chi connectivity index (χ2v) is 7.59. The average molecular weight is 330 g/mol. The summed E-state index contributed by atoms with van der Waals surface area (Å²) in [5.74, 6) is 2.98. The van der Waals surface area contributed by atoms with Crippen LogP contribution in [0.15, 0.2) is 18.3 Å². The van der Waals surface area contributed by atoms with Crippen molar-refractivity contribution in [2.45, 2.75) is 32.3 Å². The topological polar surface area (TPSA) is 69.0 Å². The molecule has 24 heavy (non-hydrogen) atoms. The SMILES string of the molecule is COc1ccc2nnc(C3C4CN(C(=O)OC(C)(C)C)CC43)n2c1. The summed E-state index contributed by atoms with van der Waals surface area (Å²) in [6.45, 7) is 7.12. The van der Waals surface area contributed by atoms with Gasteiger partial charge >= 0.3 is 6.09 Å². The molecule has 1 saturated carbocycles. The van der Waals surface area contributed by atoms with Gasteiger partial charge in [-0.05, 0) is 44.7 Å². The molecule has 2 atom stereocenters. The zero-order valence-corrected chi connectivity index (χ0v) is 14.4. The second kappa shape index (κ2) is 5.09. The normalized spacial score (nSPS) is 25.7. The fraction of sp³-hybridized carbons (Fsp3) is 0.588. The molecule has 0 N–H and O–H groups in total. The van der Waals surface area contributed by atoms with Gasteiger partial charge in [0.2, 0.25) is 0 Å². The molecule has 128 valence electrons. The van der Waals surface area contributed by atoms with Crippen molar-refractivity contribution in [3.05, 3.63) is 24.2 Å². The van der Waals surface area contributed by atoms with E-state index in [1.165, 1.54) is 0 Å². The number of hydrogen-bond donors (Lipinski definition) is 0. The van der Waals surface area contributed by atoms with Crippen molar-refractivity contribution >= 4 is 11.7 Å². The molecule has 0 spiro atoms. The lowest BCUT2D eigenvalue weighted by Crippen LogP contribution is -2.37. The molecule has 0 bridgehead atoms. The molecule has 2 aliphatic rings. The lowest BCUT2D eigenvalue weighted by molar-refractivity contribution is 0.0270. The molecule has 3 heterocycles. The molecule has 1 aliphatic heterocycles. The number of aromatic nitrogens is 3. The van der Waals surface area contributed by atoms with Gasteiger partial charge in [0, 0.05) is 19.0 Å². The van der Waals surface area contributed by atoms with Crippen LogP contribution in [0.5, 0.6) is 5.75 Å². The lowest BCUT2D eigenvalue weighted by Gasteiger charge is -2.25. The van der Waals surface area contributed by atoms with Crippen molar-refractivity contribution in [2.24, 2.45) is 11.8 Å². The average Bonchev–Trinajstić information content (AvgIpc) is 2.91. The predicted octanol–water partition coefficient (Wildman–Crippen LogP) is 2.32. The van der Waals surface area contributed by atoms with Crippen molar-refractivity contribution in [2.75, 3.05) is 20.2 Å². The zero-order valence-electron chi connectivity index (χ0n) is 14.4. The molecule has 2 fully saturated rings. The highest BCUT2D eigenvalue weighted by atomic mass is 16.6. The Morgan fingerprint density at radius 3 is 2.54 bits per heavy atom. The minimum absolute atomic E-state index is 0.221. The Kier molecular flexibility index (Phi) is 3.23. The van der Waals surface area contributed by atoms with Crippen LogP contribution < -0.4 is 4.74 Å². The molecule has 1 saturated heterocycles. The summed E-state index contributed by atoms with van der Waals surface area (Å²) < 4.78 is 12.7. The molecule has 7 nitrogen and oxygen atoms in total. The lowest BCUT2D eigenvalue weighted by atomic mass is 10.2. The molecular formula is C17H22N4O3. The van der Waals surface area contributed by atoms with E-state index in [1.807, 2.05) is 43.5 Å². The first-order chi connectivity index (χ1) is 11.4. The number of piperidine rings is 1. The Bertz CT molecular complexity index is 783. The molecule has 0 radical (unpaired) electrons. The summed E-state index contributed by atoms with van der Waals surface area (Å²) in [4.78, 5) is 14.0. The number of pyridine rings is 1. The van der Waals surface area contributed by atoms with Crippen LogP contribution in [0, 0.1) is 11.8 Å². The van der Waals surface area contributed by atoms with E-state index in [0.29, 0.717) is 17.8 Å². The maximum Gasteiger partial charge on any atom is 0.410 e. The summed E-state index contributed by atoms with van der Waals surface area (Å²) in [6, 6.07) is 3.78. The molecular weight excluding hydrogens is 308 g/mol. The van der Waals surface area contributed by atoms with Crippen LogP contribution >= 0.6 is 0 Å². The van der Waals surface area contributed by atoms with Gasteiger partial charge in [0.05, 0.1) is 13.3 Å². The number of nitrogens with zero attached hydrogens (tertiary/aromatic N) is 4. The van der Waals surface area contributed by atoms with E-state index < -0.39 is 5.60 Å². The minimum atomic E-state index is -0.455. The minimum Gasteiger partial charge on any atom is -0.495 e. The highest BCUT2D eigenvalue weighted by molar-refractivity contribution is 5.69. The number of likely N-dealkylation sites (tertiary alicyclic amines) is 1. The summed E-state index contributed by atoms with van der Waals surface area (Å²) in [5, 5.41) is 8.60. The number of hydrogen-bond acceptors (Lipinski definition) is 5. The van der Waals surface area contributed by atoms with E-state index in [2.05, 4.69) is 10.2 Å². The van der Waals surface area contributed by atoms with Gasteiger partial charge < -0.3 is 14.4 Å². The van der Waals surface area contributed by atoms with Crippen molar-refractivity contribution in [1.29, 1.82) is 0 Å². The van der Waals surface area contributed by atoms with Gasteiger partial charge in [0.25, 0.3) is 0 Å². The molecule has 2 aromatic rings. The number of methoxy groups -OCH3 is 1. The van der Waals surface area contributed by atoms with Crippen LogP contribution in [-0.2, 0) is 4.74 Å². The maximum absolute atomic E-state index is 12.2. The quantitative estimate of drug-likeness (QED) is 0.845. The zero-order chi connectivity index (χ0) is 17.1. The van der Waals surface area contributed by atoms with Gasteiger partial charge in [0.1, 0.15) is 17.2 Å². The van der Waals surface area contributed by atoms with Crippen molar-refractivity contribution in [3.8, 4) is 5.75 Å². The molecule has 2 unspecified atom stereocenters. The monoisotopic (exact) mass is 330 g/mol. The molecule has 0 aromatic carbocycles. The first kappa shape index (κ1) is 15.2. The van der Waals surface area contributed by atoms with Crippen molar-refractivity contribution in [1.82, 2.24) is 19.5 Å². The highest BCUT2D eigenvalue weighted by Crippen LogP contribution is 2.57. The molecule has 4 rings (SSSR count). The Morgan fingerprint density at radius 1 is 1.21 bits per heavy atom. The summed E-state index contributed by atoms with van der Waals surface area (Å²) >= 11 is 0. The van der Waals surface area contributed by atoms with E-state index in [4.69, 9.17) is 9.47 Å². The number of ether oxygens (including phenoxy) is 2. The van der Waals surface area contributed by atoms with Gasteiger partial charge in [-0.3, -0.25) is 4.40 Å². The summed E-state index contributed by atoms with van der Waals surface area (Å²) in [7, 11) is 1.65. The summed E-state index contributed by atoms with van der Waals surface area (Å²) in [5.41, 5.74) is 0.364. The van der Waals surface area contributed by atoms with Gasteiger partial charge in [-0.1, -0.05) is 0 Å². The van der Waals surface area contributed by atoms with Gasteiger partial charge in [-0.15, -0.1) is 10.2 Å².